The van der Waals surface area contributed by atoms with Crippen LogP contribution in [0.15, 0.2) is 30.3 Å². The first-order valence-corrected chi connectivity index (χ1v) is 9.79. The van der Waals surface area contributed by atoms with Crippen molar-refractivity contribution in [2.24, 2.45) is 23.5 Å². The number of nitrogens with zero attached hydrogens (tertiary/aromatic N) is 1. The first-order valence-electron chi connectivity index (χ1n) is 9.79. The molecule has 0 radical (unpaired) electrons. The molecule has 1 aliphatic carbocycles. The Morgan fingerprint density at radius 1 is 1.27 bits per heavy atom. The largest absolute Gasteiger partial charge is 0.459 e. The standard InChI is InChI=1S/C21H30N2O3/c1-3-14(2)18(22)20(24)23-12-16-10-7-11-17(16)19(23)21(25)26-13-15-8-5-4-6-9-15/h4-6,8-9,14,16-19H,3,7,10-13,22H2,1-2H3/t14-,16+,17+,18+,19+/m1/s1. The zero-order valence-corrected chi connectivity index (χ0v) is 15.8. The van der Waals surface area contributed by atoms with Crippen LogP contribution in [0.25, 0.3) is 0 Å². The number of rotatable bonds is 6. The predicted octanol–water partition coefficient (Wildman–Crippen LogP) is 2.73. The number of carbonyl (C=O) groups is 2. The fourth-order valence-electron chi connectivity index (χ4n) is 4.34. The minimum absolute atomic E-state index is 0.101. The van der Waals surface area contributed by atoms with Crippen molar-refractivity contribution in [1.82, 2.24) is 4.90 Å². The van der Waals surface area contributed by atoms with E-state index in [4.69, 9.17) is 10.5 Å². The van der Waals surface area contributed by atoms with E-state index in [2.05, 4.69) is 0 Å². The van der Waals surface area contributed by atoms with Crippen molar-refractivity contribution in [1.29, 1.82) is 0 Å². The Hall–Kier alpha value is -1.88. The molecule has 1 saturated heterocycles. The van der Waals surface area contributed by atoms with Gasteiger partial charge in [-0.05, 0) is 36.2 Å². The van der Waals surface area contributed by atoms with E-state index in [1.54, 1.807) is 4.90 Å². The number of carbonyl (C=O) groups excluding carboxylic acids is 2. The van der Waals surface area contributed by atoms with Gasteiger partial charge in [0.25, 0.3) is 0 Å². The van der Waals surface area contributed by atoms with Crippen molar-refractivity contribution in [3.8, 4) is 0 Å². The Bertz CT molecular complexity index is 633. The monoisotopic (exact) mass is 358 g/mol. The van der Waals surface area contributed by atoms with Crippen LogP contribution in [-0.2, 0) is 20.9 Å². The van der Waals surface area contributed by atoms with Gasteiger partial charge in [-0.3, -0.25) is 4.79 Å². The van der Waals surface area contributed by atoms with E-state index in [1.165, 1.54) is 0 Å². The number of benzene rings is 1. The van der Waals surface area contributed by atoms with E-state index in [9.17, 15) is 9.59 Å². The van der Waals surface area contributed by atoms with E-state index in [0.717, 1.165) is 31.2 Å². The molecule has 3 rings (SSSR count). The van der Waals surface area contributed by atoms with Gasteiger partial charge in [-0.25, -0.2) is 4.79 Å². The molecular weight excluding hydrogens is 328 g/mol. The van der Waals surface area contributed by atoms with Crippen LogP contribution in [0.3, 0.4) is 0 Å². The smallest absolute Gasteiger partial charge is 0.329 e. The molecular formula is C21H30N2O3. The summed E-state index contributed by atoms with van der Waals surface area (Å²) in [7, 11) is 0. The number of fused-ring (bicyclic) bond motifs is 1. The Balaban J connectivity index is 1.72. The average molecular weight is 358 g/mol. The van der Waals surface area contributed by atoms with Crippen molar-refractivity contribution >= 4 is 11.9 Å². The lowest BCUT2D eigenvalue weighted by atomic mass is 9.93. The first kappa shape index (κ1) is 18.9. The molecule has 5 heteroatoms. The van der Waals surface area contributed by atoms with Crippen LogP contribution in [0, 0.1) is 17.8 Å². The zero-order valence-electron chi connectivity index (χ0n) is 15.8. The van der Waals surface area contributed by atoms with Crippen molar-refractivity contribution < 1.29 is 14.3 Å². The summed E-state index contributed by atoms with van der Waals surface area (Å²) in [6, 6.07) is 8.61. The number of esters is 1. The quantitative estimate of drug-likeness (QED) is 0.794. The zero-order chi connectivity index (χ0) is 18.7. The third-order valence-corrected chi connectivity index (χ3v) is 6.18. The maximum Gasteiger partial charge on any atom is 0.329 e. The van der Waals surface area contributed by atoms with E-state index in [0.29, 0.717) is 12.5 Å². The van der Waals surface area contributed by atoms with Crippen LogP contribution in [0.4, 0.5) is 0 Å². The number of hydrogen-bond acceptors (Lipinski definition) is 4. The van der Waals surface area contributed by atoms with Gasteiger partial charge in [0.2, 0.25) is 5.91 Å². The van der Waals surface area contributed by atoms with Crippen molar-refractivity contribution in [3.05, 3.63) is 35.9 Å². The molecule has 2 aliphatic rings. The highest BCUT2D eigenvalue weighted by atomic mass is 16.5. The second kappa shape index (κ2) is 8.21. The van der Waals surface area contributed by atoms with Gasteiger partial charge in [0, 0.05) is 6.54 Å². The molecule has 2 fully saturated rings. The van der Waals surface area contributed by atoms with Gasteiger partial charge in [-0.15, -0.1) is 0 Å². The van der Waals surface area contributed by atoms with Gasteiger partial charge in [-0.1, -0.05) is 57.0 Å². The van der Waals surface area contributed by atoms with Gasteiger partial charge >= 0.3 is 5.97 Å². The Morgan fingerprint density at radius 2 is 2.00 bits per heavy atom. The fourth-order valence-corrected chi connectivity index (χ4v) is 4.34. The molecule has 5 nitrogen and oxygen atoms in total. The molecule has 2 N–H and O–H groups in total. The summed E-state index contributed by atoms with van der Waals surface area (Å²) in [5.41, 5.74) is 7.14. The molecule has 1 aliphatic heterocycles. The van der Waals surface area contributed by atoms with Gasteiger partial charge in [0.05, 0.1) is 6.04 Å². The molecule has 1 aromatic rings. The van der Waals surface area contributed by atoms with Gasteiger partial charge < -0.3 is 15.4 Å². The van der Waals surface area contributed by atoms with Crippen LogP contribution in [0.1, 0.15) is 45.1 Å². The highest BCUT2D eigenvalue weighted by Gasteiger charge is 2.51. The Morgan fingerprint density at radius 3 is 2.69 bits per heavy atom. The molecule has 1 heterocycles. The second-order valence-corrected chi connectivity index (χ2v) is 7.79. The maximum atomic E-state index is 13.0. The minimum Gasteiger partial charge on any atom is -0.459 e. The number of likely N-dealkylation sites (tertiary alicyclic amines) is 1. The summed E-state index contributed by atoms with van der Waals surface area (Å²) >= 11 is 0. The molecule has 1 amide bonds. The summed E-state index contributed by atoms with van der Waals surface area (Å²) in [6.45, 7) is 4.90. The van der Waals surface area contributed by atoms with Crippen LogP contribution < -0.4 is 5.73 Å². The van der Waals surface area contributed by atoms with Crippen molar-refractivity contribution in [2.45, 2.75) is 58.2 Å². The lowest BCUT2D eigenvalue weighted by molar-refractivity contribution is -0.156. The second-order valence-electron chi connectivity index (χ2n) is 7.79. The third kappa shape index (κ3) is 3.78. The average Bonchev–Trinajstić information content (AvgIpc) is 3.26. The molecule has 0 bridgehead atoms. The highest BCUT2D eigenvalue weighted by Crippen LogP contribution is 2.43. The molecule has 0 unspecified atom stereocenters. The lowest BCUT2D eigenvalue weighted by Gasteiger charge is -2.30. The number of ether oxygens (including phenoxy) is 1. The van der Waals surface area contributed by atoms with Gasteiger partial charge in [0.15, 0.2) is 0 Å². The SMILES string of the molecule is CC[C@@H](C)[C@H](N)C(=O)N1C[C@@H]2CCC[C@@H]2[C@H]1C(=O)OCc1ccccc1. The molecule has 26 heavy (non-hydrogen) atoms. The fraction of sp³-hybridized carbons (Fsp3) is 0.619. The van der Waals surface area contributed by atoms with Crippen molar-refractivity contribution in [2.75, 3.05) is 6.54 Å². The predicted molar refractivity (Wildman–Crippen MR) is 100 cm³/mol. The summed E-state index contributed by atoms with van der Waals surface area (Å²) < 4.78 is 5.59. The van der Waals surface area contributed by atoms with Gasteiger partial charge in [-0.2, -0.15) is 0 Å². The highest BCUT2D eigenvalue weighted by molar-refractivity contribution is 5.88. The summed E-state index contributed by atoms with van der Waals surface area (Å²) in [5, 5.41) is 0. The van der Waals surface area contributed by atoms with E-state index < -0.39 is 12.1 Å². The summed E-state index contributed by atoms with van der Waals surface area (Å²) in [5.74, 6) is 0.330. The van der Waals surface area contributed by atoms with Crippen LogP contribution in [-0.4, -0.2) is 35.4 Å². The molecule has 1 saturated carbocycles. The van der Waals surface area contributed by atoms with Crippen molar-refractivity contribution in [3.63, 3.8) is 0 Å². The van der Waals surface area contributed by atoms with E-state index in [1.807, 2.05) is 44.2 Å². The number of nitrogens with two attached hydrogens (primary N) is 1. The molecule has 0 spiro atoms. The van der Waals surface area contributed by atoms with Crippen LogP contribution in [0.2, 0.25) is 0 Å². The van der Waals surface area contributed by atoms with E-state index in [-0.39, 0.29) is 30.3 Å². The molecule has 142 valence electrons. The van der Waals surface area contributed by atoms with Gasteiger partial charge in [0.1, 0.15) is 12.6 Å². The minimum atomic E-state index is -0.553. The number of amides is 1. The summed E-state index contributed by atoms with van der Waals surface area (Å²) in [4.78, 5) is 27.6. The molecule has 0 aromatic heterocycles. The lowest BCUT2D eigenvalue weighted by Crippen LogP contribution is -2.52. The van der Waals surface area contributed by atoms with E-state index >= 15 is 0 Å². The Labute approximate surface area is 155 Å². The Kier molecular flexibility index (Phi) is 5.97. The third-order valence-electron chi connectivity index (χ3n) is 6.18. The summed E-state index contributed by atoms with van der Waals surface area (Å²) in [6.07, 6.45) is 4.03. The van der Waals surface area contributed by atoms with Crippen LogP contribution >= 0.6 is 0 Å². The molecule has 1 aromatic carbocycles. The maximum absolute atomic E-state index is 13.0. The molecule has 5 atom stereocenters. The van der Waals surface area contributed by atoms with Crippen LogP contribution in [0.5, 0.6) is 0 Å². The number of hydrogen-bond donors (Lipinski definition) is 1. The first-order chi connectivity index (χ1) is 12.5. The topological polar surface area (TPSA) is 72.6 Å². The normalized spacial score (nSPS) is 27.0.